The van der Waals surface area contributed by atoms with Crippen LogP contribution in [0.25, 0.3) is 0 Å². The fraction of sp³-hybridized carbons (Fsp3) is 0.467. The zero-order chi connectivity index (χ0) is 13.7. The molecule has 19 heavy (non-hydrogen) atoms. The van der Waals surface area contributed by atoms with Crippen molar-refractivity contribution in [2.24, 2.45) is 5.41 Å². The van der Waals surface area contributed by atoms with Gasteiger partial charge in [-0.25, -0.2) is 4.98 Å². The number of hydrogen-bond donors (Lipinski definition) is 1. The zero-order valence-electron chi connectivity index (χ0n) is 11.0. The molecule has 1 saturated heterocycles. The Morgan fingerprint density at radius 2 is 2.42 bits per heavy atom. The highest BCUT2D eigenvalue weighted by Gasteiger charge is 2.34. The van der Waals surface area contributed by atoms with Crippen LogP contribution in [0.3, 0.4) is 0 Å². The maximum Gasteiger partial charge on any atom is 0.142 e. The molecular formula is C15H19N3O. The van der Waals surface area contributed by atoms with Crippen LogP contribution in [-0.2, 0) is 0 Å². The van der Waals surface area contributed by atoms with Crippen LogP contribution in [0.15, 0.2) is 30.9 Å². The summed E-state index contributed by atoms with van der Waals surface area (Å²) in [6.07, 6.45) is 4.70. The Hall–Kier alpha value is -1.86. The standard InChI is InChI=1S/C15H19N3O/c1-2-7-15(12-19)8-4-9-18(11-15)14-6-3-5-13(10-16)17-14/h2-3,5-6,19H,1,4,7-9,11-12H2/t15-/m0/s1. The van der Waals surface area contributed by atoms with Gasteiger partial charge < -0.3 is 10.0 Å². The van der Waals surface area contributed by atoms with Gasteiger partial charge in [0, 0.05) is 18.5 Å². The third kappa shape index (κ3) is 2.94. The van der Waals surface area contributed by atoms with Crippen molar-refractivity contribution in [1.82, 2.24) is 4.98 Å². The minimum absolute atomic E-state index is 0.121. The van der Waals surface area contributed by atoms with Gasteiger partial charge in [-0.05, 0) is 31.4 Å². The number of hydrogen-bond acceptors (Lipinski definition) is 4. The highest BCUT2D eigenvalue weighted by atomic mass is 16.3. The lowest BCUT2D eigenvalue weighted by molar-refractivity contribution is 0.108. The van der Waals surface area contributed by atoms with E-state index in [1.54, 1.807) is 6.07 Å². The monoisotopic (exact) mass is 257 g/mol. The summed E-state index contributed by atoms with van der Waals surface area (Å²) in [6, 6.07) is 7.54. The van der Waals surface area contributed by atoms with Crippen molar-refractivity contribution in [3.05, 3.63) is 36.5 Å². The Bertz CT molecular complexity index is 494. The van der Waals surface area contributed by atoms with E-state index in [2.05, 4.69) is 22.5 Å². The number of piperidine rings is 1. The molecule has 0 unspecified atom stereocenters. The zero-order valence-corrected chi connectivity index (χ0v) is 11.0. The SMILES string of the molecule is C=CC[C@]1(CO)CCCN(c2cccc(C#N)n2)C1. The lowest BCUT2D eigenvalue weighted by Gasteiger charge is -2.42. The predicted molar refractivity (Wildman–Crippen MR) is 74.7 cm³/mol. The molecule has 0 radical (unpaired) electrons. The van der Waals surface area contributed by atoms with Gasteiger partial charge in [-0.15, -0.1) is 6.58 Å². The largest absolute Gasteiger partial charge is 0.396 e. The minimum atomic E-state index is -0.121. The number of nitrogens with zero attached hydrogens (tertiary/aromatic N) is 3. The molecule has 4 nitrogen and oxygen atoms in total. The fourth-order valence-electron chi connectivity index (χ4n) is 2.73. The first-order valence-electron chi connectivity index (χ1n) is 6.57. The third-order valence-corrected chi connectivity index (χ3v) is 3.75. The molecule has 0 bridgehead atoms. The first kappa shape index (κ1) is 13.6. The van der Waals surface area contributed by atoms with Crippen molar-refractivity contribution in [2.75, 3.05) is 24.6 Å². The summed E-state index contributed by atoms with van der Waals surface area (Å²) in [6.45, 7) is 5.62. The number of aromatic nitrogens is 1. The minimum Gasteiger partial charge on any atom is -0.396 e. The number of allylic oxidation sites excluding steroid dienone is 1. The topological polar surface area (TPSA) is 60.1 Å². The number of nitriles is 1. The fourth-order valence-corrected chi connectivity index (χ4v) is 2.73. The quantitative estimate of drug-likeness (QED) is 0.839. The van der Waals surface area contributed by atoms with Crippen LogP contribution in [0, 0.1) is 16.7 Å². The Kier molecular flexibility index (Phi) is 4.18. The summed E-state index contributed by atoms with van der Waals surface area (Å²) in [5, 5.41) is 18.6. The van der Waals surface area contributed by atoms with Crippen LogP contribution >= 0.6 is 0 Å². The number of aliphatic hydroxyl groups is 1. The molecule has 1 fully saturated rings. The van der Waals surface area contributed by atoms with Crippen LogP contribution in [0.2, 0.25) is 0 Å². The van der Waals surface area contributed by atoms with Crippen molar-refractivity contribution in [3.8, 4) is 6.07 Å². The van der Waals surface area contributed by atoms with E-state index < -0.39 is 0 Å². The van der Waals surface area contributed by atoms with Gasteiger partial charge in [0.1, 0.15) is 17.6 Å². The molecule has 1 aliphatic heterocycles. The molecule has 100 valence electrons. The second-order valence-corrected chi connectivity index (χ2v) is 5.17. The van der Waals surface area contributed by atoms with E-state index in [1.165, 1.54) is 0 Å². The maximum absolute atomic E-state index is 9.69. The summed E-state index contributed by atoms with van der Waals surface area (Å²) >= 11 is 0. The summed E-state index contributed by atoms with van der Waals surface area (Å²) in [7, 11) is 0. The Labute approximate surface area is 114 Å². The molecule has 0 saturated carbocycles. The van der Waals surface area contributed by atoms with Gasteiger partial charge >= 0.3 is 0 Å². The van der Waals surface area contributed by atoms with Crippen LogP contribution < -0.4 is 4.90 Å². The Balaban J connectivity index is 2.20. The van der Waals surface area contributed by atoms with E-state index in [0.29, 0.717) is 5.69 Å². The normalized spacial score (nSPS) is 22.8. The van der Waals surface area contributed by atoms with Crippen molar-refractivity contribution in [3.63, 3.8) is 0 Å². The third-order valence-electron chi connectivity index (χ3n) is 3.75. The van der Waals surface area contributed by atoms with Gasteiger partial charge in [-0.3, -0.25) is 0 Å². The molecule has 0 aliphatic carbocycles. The van der Waals surface area contributed by atoms with Crippen molar-refractivity contribution < 1.29 is 5.11 Å². The lowest BCUT2D eigenvalue weighted by atomic mass is 9.78. The van der Waals surface area contributed by atoms with E-state index in [9.17, 15) is 5.11 Å². The van der Waals surface area contributed by atoms with Gasteiger partial charge in [-0.2, -0.15) is 5.26 Å². The van der Waals surface area contributed by atoms with Crippen molar-refractivity contribution in [1.29, 1.82) is 5.26 Å². The molecule has 0 aromatic carbocycles. The summed E-state index contributed by atoms with van der Waals surface area (Å²) in [5.41, 5.74) is 0.311. The van der Waals surface area contributed by atoms with Gasteiger partial charge in [0.05, 0.1) is 6.61 Å². The van der Waals surface area contributed by atoms with E-state index in [0.717, 1.165) is 38.2 Å². The summed E-state index contributed by atoms with van der Waals surface area (Å²) < 4.78 is 0. The first-order valence-corrected chi connectivity index (χ1v) is 6.57. The number of rotatable bonds is 4. The summed E-state index contributed by atoms with van der Waals surface area (Å²) in [4.78, 5) is 6.49. The van der Waals surface area contributed by atoms with Crippen molar-refractivity contribution >= 4 is 5.82 Å². The predicted octanol–water partition coefficient (Wildman–Crippen LogP) is 2.11. The highest BCUT2D eigenvalue weighted by Crippen LogP contribution is 2.34. The Morgan fingerprint density at radius 3 is 3.11 bits per heavy atom. The van der Waals surface area contributed by atoms with E-state index in [-0.39, 0.29) is 12.0 Å². The molecule has 0 amide bonds. The number of anilines is 1. The average Bonchev–Trinajstić information content (AvgIpc) is 2.48. The molecule has 1 atom stereocenters. The lowest BCUT2D eigenvalue weighted by Crippen LogP contribution is -2.45. The molecule has 1 aromatic heterocycles. The molecule has 1 N–H and O–H groups in total. The summed E-state index contributed by atoms with van der Waals surface area (Å²) in [5.74, 6) is 0.820. The number of aliphatic hydroxyl groups excluding tert-OH is 1. The molecule has 0 spiro atoms. The molecule has 2 heterocycles. The highest BCUT2D eigenvalue weighted by molar-refractivity contribution is 5.42. The van der Waals surface area contributed by atoms with E-state index >= 15 is 0 Å². The van der Waals surface area contributed by atoms with Crippen LogP contribution in [-0.4, -0.2) is 29.8 Å². The van der Waals surface area contributed by atoms with E-state index in [1.807, 2.05) is 18.2 Å². The molecule has 4 heteroatoms. The van der Waals surface area contributed by atoms with Gasteiger partial charge in [0.2, 0.25) is 0 Å². The van der Waals surface area contributed by atoms with Gasteiger partial charge in [-0.1, -0.05) is 12.1 Å². The van der Waals surface area contributed by atoms with Gasteiger partial charge in [0.25, 0.3) is 0 Å². The average molecular weight is 257 g/mol. The molecular weight excluding hydrogens is 238 g/mol. The molecule has 2 rings (SSSR count). The van der Waals surface area contributed by atoms with Gasteiger partial charge in [0.15, 0.2) is 0 Å². The Morgan fingerprint density at radius 1 is 1.58 bits per heavy atom. The maximum atomic E-state index is 9.69. The second-order valence-electron chi connectivity index (χ2n) is 5.17. The van der Waals surface area contributed by atoms with E-state index in [4.69, 9.17) is 5.26 Å². The van der Waals surface area contributed by atoms with Crippen LogP contribution in [0.5, 0.6) is 0 Å². The number of pyridine rings is 1. The van der Waals surface area contributed by atoms with Crippen LogP contribution in [0.1, 0.15) is 25.0 Å². The second kappa shape index (κ2) is 5.85. The first-order chi connectivity index (χ1) is 9.23. The molecule has 1 aliphatic rings. The van der Waals surface area contributed by atoms with Crippen molar-refractivity contribution in [2.45, 2.75) is 19.3 Å². The molecule has 1 aromatic rings. The smallest absolute Gasteiger partial charge is 0.142 e. The van der Waals surface area contributed by atoms with Crippen LogP contribution in [0.4, 0.5) is 5.82 Å².